The van der Waals surface area contributed by atoms with E-state index in [-0.39, 0.29) is 12.6 Å². The van der Waals surface area contributed by atoms with Crippen LogP contribution in [0.5, 0.6) is 0 Å². The summed E-state index contributed by atoms with van der Waals surface area (Å²) in [5, 5.41) is 2.11. The van der Waals surface area contributed by atoms with Crippen LogP contribution in [0.4, 0.5) is 13.6 Å². The van der Waals surface area contributed by atoms with Crippen molar-refractivity contribution in [1.82, 2.24) is 15.1 Å². The molecule has 1 fully saturated rings. The molecule has 24 heavy (non-hydrogen) atoms. The van der Waals surface area contributed by atoms with Gasteiger partial charge in [0.1, 0.15) is 11.6 Å². The maximum atomic E-state index is 13.9. The molecule has 1 saturated heterocycles. The Morgan fingerprint density at radius 1 is 1.25 bits per heavy atom. The van der Waals surface area contributed by atoms with Crippen molar-refractivity contribution in [1.29, 1.82) is 0 Å². The molecule has 1 aromatic rings. The van der Waals surface area contributed by atoms with Gasteiger partial charge in [0.05, 0.1) is 13.7 Å². The number of hydrogen-bond acceptors (Lipinski definition) is 5. The van der Waals surface area contributed by atoms with Crippen LogP contribution >= 0.6 is 0 Å². The molecular formula is C16H21F2N3O3. The molecule has 0 aliphatic carbocycles. The van der Waals surface area contributed by atoms with Gasteiger partial charge in [-0.05, 0) is 13.0 Å². The smallest absolute Gasteiger partial charge is 0.413 e. The largest absolute Gasteiger partial charge is 0.453 e. The van der Waals surface area contributed by atoms with Crippen molar-refractivity contribution in [2.24, 2.45) is 0 Å². The van der Waals surface area contributed by atoms with E-state index in [4.69, 9.17) is 0 Å². The number of hydrogen-bond donors (Lipinski definition) is 1. The lowest BCUT2D eigenvalue weighted by atomic mass is 10.1. The van der Waals surface area contributed by atoms with Crippen LogP contribution in [0.1, 0.15) is 18.5 Å². The lowest BCUT2D eigenvalue weighted by Gasteiger charge is -2.37. The minimum absolute atomic E-state index is 0.0994. The predicted molar refractivity (Wildman–Crippen MR) is 83.3 cm³/mol. The molecule has 1 aliphatic rings. The zero-order valence-corrected chi connectivity index (χ0v) is 13.7. The molecule has 0 aromatic heterocycles. The third-order valence-corrected chi connectivity index (χ3v) is 4.16. The SMILES string of the molecule is COC(=O)NC(=O)CN1CCN([C@H](C)c2ccc(F)cc2F)CC1. The van der Waals surface area contributed by atoms with Gasteiger partial charge in [-0.15, -0.1) is 0 Å². The predicted octanol–water partition coefficient (Wildman–Crippen LogP) is 1.53. The quantitative estimate of drug-likeness (QED) is 0.900. The zero-order valence-electron chi connectivity index (χ0n) is 13.7. The van der Waals surface area contributed by atoms with Gasteiger partial charge in [-0.2, -0.15) is 0 Å². The van der Waals surface area contributed by atoms with E-state index >= 15 is 0 Å². The molecule has 2 rings (SSSR count). The fourth-order valence-corrected chi connectivity index (χ4v) is 2.75. The van der Waals surface area contributed by atoms with Gasteiger partial charge in [0, 0.05) is 43.9 Å². The fourth-order valence-electron chi connectivity index (χ4n) is 2.75. The van der Waals surface area contributed by atoms with Crippen LogP contribution in [0.15, 0.2) is 18.2 Å². The number of carbonyl (C=O) groups excluding carboxylic acids is 2. The Bertz CT molecular complexity index is 604. The molecule has 1 heterocycles. The molecule has 1 atom stereocenters. The van der Waals surface area contributed by atoms with Crippen molar-refractivity contribution < 1.29 is 23.1 Å². The number of nitrogens with one attached hydrogen (secondary N) is 1. The zero-order chi connectivity index (χ0) is 17.7. The van der Waals surface area contributed by atoms with Crippen LogP contribution < -0.4 is 5.32 Å². The van der Waals surface area contributed by atoms with E-state index in [0.717, 1.165) is 6.07 Å². The topological polar surface area (TPSA) is 61.9 Å². The number of halogens is 2. The molecule has 8 heteroatoms. The average Bonchev–Trinajstić information content (AvgIpc) is 2.54. The molecule has 0 spiro atoms. The van der Waals surface area contributed by atoms with E-state index in [0.29, 0.717) is 31.7 Å². The molecule has 0 unspecified atom stereocenters. The van der Waals surface area contributed by atoms with Crippen molar-refractivity contribution in [2.75, 3.05) is 39.8 Å². The summed E-state index contributed by atoms with van der Waals surface area (Å²) in [5.41, 5.74) is 0.452. The van der Waals surface area contributed by atoms with Crippen molar-refractivity contribution in [3.63, 3.8) is 0 Å². The number of nitrogens with zero attached hydrogens (tertiary/aromatic N) is 2. The first kappa shape index (κ1) is 18.3. The molecule has 2 amide bonds. The number of ether oxygens (including phenoxy) is 1. The summed E-state index contributed by atoms with van der Waals surface area (Å²) in [4.78, 5) is 26.6. The average molecular weight is 341 g/mol. The third-order valence-electron chi connectivity index (χ3n) is 4.16. The van der Waals surface area contributed by atoms with Gasteiger partial charge in [0.25, 0.3) is 0 Å². The molecule has 0 saturated carbocycles. The van der Waals surface area contributed by atoms with Crippen LogP contribution in [0, 0.1) is 11.6 Å². The van der Waals surface area contributed by atoms with Gasteiger partial charge in [-0.3, -0.25) is 19.9 Å². The van der Waals surface area contributed by atoms with E-state index in [9.17, 15) is 18.4 Å². The number of carbonyl (C=O) groups is 2. The molecular weight excluding hydrogens is 320 g/mol. The highest BCUT2D eigenvalue weighted by Crippen LogP contribution is 2.24. The Labute approximate surface area is 139 Å². The summed E-state index contributed by atoms with van der Waals surface area (Å²) in [6.07, 6.45) is -0.779. The molecule has 1 N–H and O–H groups in total. The van der Waals surface area contributed by atoms with Gasteiger partial charge in [0.2, 0.25) is 5.91 Å². The number of piperazine rings is 1. The van der Waals surface area contributed by atoms with Gasteiger partial charge < -0.3 is 4.74 Å². The number of amides is 2. The monoisotopic (exact) mass is 341 g/mol. The van der Waals surface area contributed by atoms with Crippen molar-refractivity contribution in [3.05, 3.63) is 35.4 Å². The maximum Gasteiger partial charge on any atom is 0.413 e. The van der Waals surface area contributed by atoms with Gasteiger partial charge in [-0.1, -0.05) is 6.07 Å². The second-order valence-corrected chi connectivity index (χ2v) is 5.69. The highest BCUT2D eigenvalue weighted by Gasteiger charge is 2.25. The number of alkyl carbamates (subject to hydrolysis) is 1. The molecule has 132 valence electrons. The van der Waals surface area contributed by atoms with Crippen LogP contribution in [0.25, 0.3) is 0 Å². The van der Waals surface area contributed by atoms with E-state index < -0.39 is 23.6 Å². The van der Waals surface area contributed by atoms with E-state index in [2.05, 4.69) is 15.0 Å². The number of imide groups is 1. The minimum Gasteiger partial charge on any atom is -0.453 e. The summed E-state index contributed by atoms with van der Waals surface area (Å²) >= 11 is 0. The molecule has 1 aliphatic heterocycles. The summed E-state index contributed by atoms with van der Waals surface area (Å²) in [6, 6.07) is 3.42. The minimum atomic E-state index is -0.779. The number of benzene rings is 1. The highest BCUT2D eigenvalue weighted by molar-refractivity contribution is 5.92. The maximum absolute atomic E-state index is 13.9. The Morgan fingerprint density at radius 2 is 1.92 bits per heavy atom. The van der Waals surface area contributed by atoms with Crippen LogP contribution in [0.2, 0.25) is 0 Å². The first-order valence-corrected chi connectivity index (χ1v) is 7.70. The van der Waals surface area contributed by atoms with E-state index in [1.54, 1.807) is 0 Å². The van der Waals surface area contributed by atoms with Crippen LogP contribution in [-0.2, 0) is 9.53 Å². The van der Waals surface area contributed by atoms with E-state index in [1.807, 2.05) is 11.8 Å². The first-order valence-electron chi connectivity index (χ1n) is 7.70. The standard InChI is InChI=1S/C16H21F2N3O3/c1-11(13-4-3-12(17)9-14(13)18)21-7-5-20(6-8-21)10-15(22)19-16(23)24-2/h3-4,9,11H,5-8,10H2,1-2H3,(H,19,22,23)/t11-/m1/s1. The first-order chi connectivity index (χ1) is 11.4. The van der Waals surface area contributed by atoms with E-state index in [1.165, 1.54) is 19.2 Å². The summed E-state index contributed by atoms with van der Waals surface area (Å²) < 4.78 is 31.3. The lowest BCUT2D eigenvalue weighted by Crippen LogP contribution is -2.50. The summed E-state index contributed by atoms with van der Waals surface area (Å²) in [6.45, 7) is 4.48. The molecule has 0 bridgehead atoms. The van der Waals surface area contributed by atoms with Gasteiger partial charge in [-0.25, -0.2) is 13.6 Å². The summed E-state index contributed by atoms with van der Waals surface area (Å²) in [7, 11) is 1.19. The normalized spacial score (nSPS) is 17.3. The van der Waals surface area contributed by atoms with Gasteiger partial charge in [0.15, 0.2) is 0 Å². The third kappa shape index (κ3) is 4.72. The second-order valence-electron chi connectivity index (χ2n) is 5.69. The second kappa shape index (κ2) is 8.16. The molecule has 6 nitrogen and oxygen atoms in total. The van der Waals surface area contributed by atoms with Crippen LogP contribution in [0.3, 0.4) is 0 Å². The number of rotatable bonds is 4. The van der Waals surface area contributed by atoms with Crippen molar-refractivity contribution in [2.45, 2.75) is 13.0 Å². The lowest BCUT2D eigenvalue weighted by molar-refractivity contribution is -0.122. The molecule has 0 radical (unpaired) electrons. The Morgan fingerprint density at radius 3 is 2.50 bits per heavy atom. The van der Waals surface area contributed by atoms with Gasteiger partial charge >= 0.3 is 6.09 Å². The Kier molecular flexibility index (Phi) is 6.22. The highest BCUT2D eigenvalue weighted by atomic mass is 19.1. The van der Waals surface area contributed by atoms with Crippen LogP contribution in [-0.4, -0.2) is 61.6 Å². The van der Waals surface area contributed by atoms with Crippen molar-refractivity contribution >= 4 is 12.0 Å². The fraction of sp³-hybridized carbons (Fsp3) is 0.500. The van der Waals surface area contributed by atoms with Crippen molar-refractivity contribution in [3.8, 4) is 0 Å². The Hall–Kier alpha value is -2.06. The molecule has 1 aromatic carbocycles. The summed E-state index contributed by atoms with van der Waals surface area (Å²) in [5.74, 6) is -1.57. The Balaban J connectivity index is 1.86. The number of methoxy groups -OCH3 is 1.